The number of nitrogens with zero attached hydrogens (tertiary/aromatic N) is 2. The van der Waals surface area contributed by atoms with Crippen molar-refractivity contribution in [1.29, 1.82) is 0 Å². The van der Waals surface area contributed by atoms with E-state index in [9.17, 15) is 18.0 Å². The van der Waals surface area contributed by atoms with Gasteiger partial charge in [0.05, 0.1) is 6.54 Å². The van der Waals surface area contributed by atoms with E-state index in [0.29, 0.717) is 37.6 Å². The van der Waals surface area contributed by atoms with E-state index in [1.54, 1.807) is 11.0 Å². The minimum atomic E-state index is -4.21. The molecule has 1 N–H and O–H groups in total. The van der Waals surface area contributed by atoms with Gasteiger partial charge in [-0.05, 0) is 31.0 Å². The van der Waals surface area contributed by atoms with E-state index >= 15 is 0 Å². The number of hydrogen-bond donors (Lipinski definition) is 1. The molecular weight excluding hydrogens is 351 g/mol. The molecule has 1 unspecified atom stereocenters. The van der Waals surface area contributed by atoms with Crippen molar-refractivity contribution in [1.82, 2.24) is 15.1 Å². The number of urea groups is 1. The third-order valence-corrected chi connectivity index (χ3v) is 4.48. The summed E-state index contributed by atoms with van der Waals surface area (Å²) in [5.74, 6) is 1.33. The van der Waals surface area contributed by atoms with Crippen molar-refractivity contribution in [3.8, 4) is 11.5 Å². The molecule has 0 saturated carbocycles. The summed E-state index contributed by atoms with van der Waals surface area (Å²) in [4.78, 5) is 15.4. The maximum Gasteiger partial charge on any atom is 0.401 e. The van der Waals surface area contributed by atoms with Crippen molar-refractivity contribution in [2.45, 2.75) is 32.1 Å². The largest absolute Gasteiger partial charge is 0.454 e. The first-order valence-corrected chi connectivity index (χ1v) is 8.57. The molecule has 1 saturated heterocycles. The molecule has 6 nitrogen and oxygen atoms in total. The van der Waals surface area contributed by atoms with E-state index in [1.165, 1.54) is 4.90 Å². The number of likely N-dealkylation sites (tertiary alicyclic amines) is 1. The predicted molar refractivity (Wildman–Crippen MR) is 88.1 cm³/mol. The van der Waals surface area contributed by atoms with Crippen LogP contribution in [0, 0.1) is 0 Å². The summed E-state index contributed by atoms with van der Waals surface area (Å²) in [6.07, 6.45) is -3.70. The van der Waals surface area contributed by atoms with E-state index in [0.717, 1.165) is 5.56 Å². The first-order valence-electron chi connectivity index (χ1n) is 8.57. The maximum atomic E-state index is 12.5. The topological polar surface area (TPSA) is 54.0 Å². The van der Waals surface area contributed by atoms with Gasteiger partial charge in [0.15, 0.2) is 11.5 Å². The molecule has 26 heavy (non-hydrogen) atoms. The SMILES string of the molecule is CCN(Cc1ccc2c(c1)OCO2)C(=O)NC1CCN(CC(F)(F)F)C1. The molecule has 3 rings (SSSR count). The molecule has 2 amide bonds. The van der Waals surface area contributed by atoms with Gasteiger partial charge in [-0.25, -0.2) is 4.79 Å². The first-order chi connectivity index (χ1) is 12.3. The number of fused-ring (bicyclic) bond motifs is 1. The van der Waals surface area contributed by atoms with Crippen LogP contribution in [-0.2, 0) is 6.54 Å². The van der Waals surface area contributed by atoms with Gasteiger partial charge in [0.2, 0.25) is 6.79 Å². The fraction of sp³-hybridized carbons (Fsp3) is 0.588. The maximum absolute atomic E-state index is 12.5. The Hall–Kier alpha value is -2.16. The number of rotatable bonds is 5. The van der Waals surface area contributed by atoms with Gasteiger partial charge in [0.25, 0.3) is 0 Å². The highest BCUT2D eigenvalue weighted by Crippen LogP contribution is 2.32. The summed E-state index contributed by atoms with van der Waals surface area (Å²) in [6.45, 7) is 2.53. The molecule has 1 fully saturated rings. The molecule has 144 valence electrons. The number of nitrogens with one attached hydrogen (secondary N) is 1. The lowest BCUT2D eigenvalue weighted by Crippen LogP contribution is -2.45. The van der Waals surface area contributed by atoms with Gasteiger partial charge >= 0.3 is 12.2 Å². The summed E-state index contributed by atoms with van der Waals surface area (Å²) in [5, 5.41) is 2.84. The Kier molecular flexibility index (Phi) is 5.45. The van der Waals surface area contributed by atoms with Gasteiger partial charge < -0.3 is 19.7 Å². The molecular formula is C17H22F3N3O3. The van der Waals surface area contributed by atoms with E-state index in [2.05, 4.69) is 5.32 Å². The zero-order valence-electron chi connectivity index (χ0n) is 14.5. The van der Waals surface area contributed by atoms with Crippen molar-refractivity contribution in [3.63, 3.8) is 0 Å². The Labute approximate surface area is 149 Å². The minimum Gasteiger partial charge on any atom is -0.454 e. The van der Waals surface area contributed by atoms with Crippen molar-refractivity contribution in [2.24, 2.45) is 0 Å². The van der Waals surface area contributed by atoms with Crippen LogP contribution in [0.1, 0.15) is 18.9 Å². The highest BCUT2D eigenvalue weighted by molar-refractivity contribution is 5.74. The molecule has 1 atom stereocenters. The summed E-state index contributed by atoms with van der Waals surface area (Å²) in [7, 11) is 0. The quantitative estimate of drug-likeness (QED) is 0.862. The van der Waals surface area contributed by atoms with Crippen molar-refractivity contribution in [2.75, 3.05) is 33.0 Å². The number of alkyl halides is 3. The zero-order valence-corrected chi connectivity index (χ0v) is 14.5. The molecule has 2 heterocycles. The molecule has 9 heteroatoms. The van der Waals surface area contributed by atoms with Gasteiger partial charge in [0, 0.05) is 32.2 Å². The second-order valence-electron chi connectivity index (χ2n) is 6.49. The summed E-state index contributed by atoms with van der Waals surface area (Å²) in [5.41, 5.74) is 0.899. The Balaban J connectivity index is 1.53. The summed E-state index contributed by atoms with van der Waals surface area (Å²) >= 11 is 0. The van der Waals surface area contributed by atoms with Crippen LogP contribution in [0.2, 0.25) is 0 Å². The van der Waals surface area contributed by atoms with Crippen LogP contribution in [0.5, 0.6) is 11.5 Å². The van der Waals surface area contributed by atoms with Crippen molar-refractivity contribution < 1.29 is 27.4 Å². The highest BCUT2D eigenvalue weighted by Gasteiger charge is 2.35. The number of benzene rings is 1. The number of carbonyl (C=O) groups is 1. The molecule has 1 aromatic rings. The molecule has 0 aliphatic carbocycles. The molecule has 2 aliphatic heterocycles. The Morgan fingerprint density at radius 3 is 2.85 bits per heavy atom. The van der Waals surface area contributed by atoms with Crippen molar-refractivity contribution >= 4 is 6.03 Å². The number of amides is 2. The highest BCUT2D eigenvalue weighted by atomic mass is 19.4. The summed E-state index contributed by atoms with van der Waals surface area (Å²) < 4.78 is 48.0. The van der Waals surface area contributed by atoms with Crippen LogP contribution in [-0.4, -0.2) is 61.0 Å². The second-order valence-corrected chi connectivity index (χ2v) is 6.49. The monoisotopic (exact) mass is 373 g/mol. The van der Waals surface area contributed by atoms with Crippen LogP contribution in [0.3, 0.4) is 0 Å². The molecule has 2 aliphatic rings. The van der Waals surface area contributed by atoms with Gasteiger partial charge in [-0.1, -0.05) is 6.07 Å². The van der Waals surface area contributed by atoms with E-state index in [4.69, 9.17) is 9.47 Å². The minimum absolute atomic E-state index is 0.187. The first kappa shape index (κ1) is 18.6. The lowest BCUT2D eigenvalue weighted by molar-refractivity contribution is -0.143. The van der Waals surface area contributed by atoms with Crippen LogP contribution < -0.4 is 14.8 Å². The van der Waals surface area contributed by atoms with Gasteiger partial charge in [0.1, 0.15) is 0 Å². The Morgan fingerprint density at radius 2 is 2.12 bits per heavy atom. The lowest BCUT2D eigenvalue weighted by Gasteiger charge is -2.24. The second kappa shape index (κ2) is 7.61. The third-order valence-electron chi connectivity index (χ3n) is 4.48. The van der Waals surface area contributed by atoms with Crippen molar-refractivity contribution in [3.05, 3.63) is 23.8 Å². The fourth-order valence-electron chi connectivity index (χ4n) is 3.20. The number of hydrogen-bond acceptors (Lipinski definition) is 4. The number of carbonyl (C=O) groups excluding carboxylic acids is 1. The van der Waals surface area contributed by atoms with E-state index in [1.807, 2.05) is 19.1 Å². The third kappa shape index (κ3) is 4.72. The van der Waals surface area contributed by atoms with Crippen LogP contribution in [0.4, 0.5) is 18.0 Å². The average Bonchev–Trinajstić information content (AvgIpc) is 3.19. The van der Waals surface area contributed by atoms with Gasteiger partial charge in [-0.3, -0.25) is 4.90 Å². The Morgan fingerprint density at radius 1 is 1.35 bits per heavy atom. The zero-order chi connectivity index (χ0) is 18.7. The molecule has 0 bridgehead atoms. The molecule has 1 aromatic carbocycles. The van der Waals surface area contributed by atoms with Gasteiger partial charge in [-0.2, -0.15) is 13.2 Å². The molecule has 0 radical (unpaired) electrons. The van der Waals surface area contributed by atoms with Crippen LogP contribution >= 0.6 is 0 Å². The predicted octanol–water partition coefficient (Wildman–Crippen LogP) is 2.58. The van der Waals surface area contributed by atoms with Crippen LogP contribution in [0.25, 0.3) is 0 Å². The van der Waals surface area contributed by atoms with Gasteiger partial charge in [-0.15, -0.1) is 0 Å². The molecule has 0 aromatic heterocycles. The Bertz CT molecular complexity index is 654. The summed E-state index contributed by atoms with van der Waals surface area (Å²) in [6, 6.07) is 4.96. The smallest absolute Gasteiger partial charge is 0.401 e. The molecule has 0 spiro atoms. The number of halogens is 3. The standard InChI is InChI=1S/C17H22F3N3O3/c1-2-23(8-12-3-4-14-15(7-12)26-11-25-14)16(24)21-13-5-6-22(9-13)10-17(18,19)20/h3-4,7,13H,2,5-6,8-11H2,1H3,(H,21,24). The van der Waals surface area contributed by atoms with E-state index < -0.39 is 12.7 Å². The van der Waals surface area contributed by atoms with E-state index in [-0.39, 0.29) is 25.4 Å². The average molecular weight is 373 g/mol. The normalized spacial score (nSPS) is 19.6. The van der Waals surface area contributed by atoms with Crippen LogP contribution in [0.15, 0.2) is 18.2 Å². The fourth-order valence-corrected chi connectivity index (χ4v) is 3.20. The lowest BCUT2D eigenvalue weighted by atomic mass is 10.2. The number of ether oxygens (including phenoxy) is 2.